The van der Waals surface area contributed by atoms with Crippen LogP contribution in [0, 0.1) is 25.5 Å². The Morgan fingerprint density at radius 1 is 1.02 bits per heavy atom. The molecule has 3 fully saturated rings. The number of amides is 1. The van der Waals surface area contributed by atoms with Crippen LogP contribution in [0.5, 0.6) is 0 Å². The Bertz CT molecular complexity index is 1760. The van der Waals surface area contributed by atoms with E-state index in [9.17, 15) is 35.9 Å². The Labute approximate surface area is 282 Å². The molecule has 2 aliphatic heterocycles. The molecule has 1 aromatic heterocycles. The number of nitrogens with zero attached hydrogens (tertiary/aromatic N) is 5. The SMILES string of the molecule is Cc1cc(-n2nc(C3CCN(C(=O)[C@@]4(OC(=O)C(F)(F)F)C[C@H](N5CCC(F)(F)C5)C[C@@H]4c4ccc(F)cc4F)CC3)nc2C)ccc1Cl. The van der Waals surface area contributed by atoms with Crippen molar-refractivity contribution < 1.29 is 45.1 Å². The highest BCUT2D eigenvalue weighted by Crippen LogP contribution is 2.51. The molecule has 1 amide bonds. The molecule has 3 aliphatic rings. The molecular formula is C33H33ClF7N5O3. The molecule has 1 saturated carbocycles. The number of hydrogen-bond donors (Lipinski definition) is 0. The van der Waals surface area contributed by atoms with Gasteiger partial charge in [-0.05, 0) is 68.5 Å². The highest BCUT2D eigenvalue weighted by molar-refractivity contribution is 6.31. The first kappa shape index (κ1) is 35.1. The average Bonchev–Trinajstić information content (AvgIpc) is 3.72. The van der Waals surface area contributed by atoms with Crippen LogP contribution in [0.2, 0.25) is 5.02 Å². The normalized spacial score (nSPS) is 24.8. The summed E-state index contributed by atoms with van der Waals surface area (Å²) in [5.74, 6) is -9.55. The number of aryl methyl sites for hydroxylation is 2. The van der Waals surface area contributed by atoms with Gasteiger partial charge in [0.2, 0.25) is 0 Å². The summed E-state index contributed by atoms with van der Waals surface area (Å²) in [5.41, 5.74) is -1.38. The number of likely N-dealkylation sites (tertiary alicyclic amines) is 2. The Balaban J connectivity index is 1.30. The Morgan fingerprint density at radius 3 is 2.35 bits per heavy atom. The summed E-state index contributed by atoms with van der Waals surface area (Å²) in [5, 5.41) is 5.25. The lowest BCUT2D eigenvalue weighted by Crippen LogP contribution is -2.56. The second-order valence-electron chi connectivity index (χ2n) is 13.1. The van der Waals surface area contributed by atoms with Crippen molar-refractivity contribution >= 4 is 23.5 Å². The molecule has 8 nitrogen and oxygen atoms in total. The number of rotatable bonds is 6. The lowest BCUT2D eigenvalue weighted by atomic mass is 9.82. The molecule has 16 heteroatoms. The summed E-state index contributed by atoms with van der Waals surface area (Å²) < 4.78 is 106. The highest BCUT2D eigenvalue weighted by atomic mass is 35.5. The second-order valence-corrected chi connectivity index (χ2v) is 13.5. The highest BCUT2D eigenvalue weighted by Gasteiger charge is 2.62. The Hall–Kier alpha value is -3.72. The van der Waals surface area contributed by atoms with Gasteiger partial charge in [-0.1, -0.05) is 17.7 Å². The first-order valence-electron chi connectivity index (χ1n) is 15.8. The average molecular weight is 716 g/mol. The van der Waals surface area contributed by atoms with Gasteiger partial charge >= 0.3 is 12.1 Å². The van der Waals surface area contributed by atoms with E-state index in [4.69, 9.17) is 16.3 Å². The topological polar surface area (TPSA) is 80.6 Å². The van der Waals surface area contributed by atoms with Gasteiger partial charge in [0.25, 0.3) is 11.8 Å². The molecule has 0 unspecified atom stereocenters. The van der Waals surface area contributed by atoms with Gasteiger partial charge in [0, 0.05) is 61.4 Å². The fourth-order valence-corrected chi connectivity index (χ4v) is 7.48. The third-order valence-corrected chi connectivity index (χ3v) is 10.3. The minimum absolute atomic E-state index is 0.00747. The van der Waals surface area contributed by atoms with Crippen LogP contribution in [0.4, 0.5) is 30.7 Å². The van der Waals surface area contributed by atoms with E-state index in [1.807, 2.05) is 13.0 Å². The van der Waals surface area contributed by atoms with Crippen molar-refractivity contribution in [3.63, 3.8) is 0 Å². The molecule has 0 N–H and O–H groups in total. The molecule has 2 aromatic carbocycles. The first-order chi connectivity index (χ1) is 23.0. The number of aromatic nitrogens is 3. The monoisotopic (exact) mass is 715 g/mol. The molecule has 0 bridgehead atoms. The van der Waals surface area contributed by atoms with Crippen molar-refractivity contribution in [3.05, 3.63) is 75.8 Å². The third kappa shape index (κ3) is 6.88. The van der Waals surface area contributed by atoms with Gasteiger partial charge in [-0.2, -0.15) is 18.3 Å². The van der Waals surface area contributed by atoms with Gasteiger partial charge in [-0.15, -0.1) is 0 Å². The molecule has 2 saturated heterocycles. The number of benzene rings is 2. The van der Waals surface area contributed by atoms with Crippen molar-refractivity contribution in [2.45, 2.75) is 81.5 Å². The summed E-state index contributed by atoms with van der Waals surface area (Å²) in [7, 11) is 0. The Morgan fingerprint density at radius 2 is 1.73 bits per heavy atom. The summed E-state index contributed by atoms with van der Waals surface area (Å²) in [6, 6.07) is 6.81. The molecule has 0 radical (unpaired) electrons. The largest absolute Gasteiger partial charge is 0.490 e. The maximum atomic E-state index is 15.3. The number of ether oxygens (including phenoxy) is 1. The maximum Gasteiger partial charge on any atom is 0.490 e. The van der Waals surface area contributed by atoms with Crippen molar-refractivity contribution in [1.29, 1.82) is 0 Å². The number of piperidine rings is 1. The van der Waals surface area contributed by atoms with Crippen molar-refractivity contribution in [1.82, 2.24) is 24.6 Å². The molecule has 3 atom stereocenters. The molecule has 49 heavy (non-hydrogen) atoms. The molecule has 1 aliphatic carbocycles. The fraction of sp³-hybridized carbons (Fsp3) is 0.515. The van der Waals surface area contributed by atoms with Gasteiger partial charge in [0.15, 0.2) is 11.4 Å². The number of carbonyl (C=O) groups excluding carboxylic acids is 2. The maximum absolute atomic E-state index is 15.3. The van der Waals surface area contributed by atoms with Gasteiger partial charge in [-0.25, -0.2) is 32.0 Å². The minimum Gasteiger partial charge on any atom is -0.442 e. The van der Waals surface area contributed by atoms with E-state index in [0.29, 0.717) is 35.6 Å². The molecule has 264 valence electrons. The van der Waals surface area contributed by atoms with Gasteiger partial charge in [0.05, 0.1) is 12.2 Å². The molecule has 6 rings (SSSR count). The van der Waals surface area contributed by atoms with Crippen molar-refractivity contribution in [3.8, 4) is 5.69 Å². The zero-order valence-corrected chi connectivity index (χ0v) is 27.3. The van der Waals surface area contributed by atoms with E-state index < -0.39 is 72.6 Å². The number of esters is 1. The number of hydrogen-bond acceptors (Lipinski definition) is 6. The smallest absolute Gasteiger partial charge is 0.442 e. The second kappa shape index (κ2) is 12.9. The predicted molar refractivity (Wildman–Crippen MR) is 163 cm³/mol. The van der Waals surface area contributed by atoms with Crippen LogP contribution in [0.25, 0.3) is 5.69 Å². The zero-order chi connectivity index (χ0) is 35.5. The van der Waals surface area contributed by atoms with E-state index >= 15 is 4.39 Å². The van der Waals surface area contributed by atoms with E-state index in [0.717, 1.165) is 23.4 Å². The molecule has 0 spiro atoms. The van der Waals surface area contributed by atoms with Crippen LogP contribution in [0.3, 0.4) is 0 Å². The lowest BCUT2D eigenvalue weighted by molar-refractivity contribution is -0.217. The van der Waals surface area contributed by atoms with Crippen molar-refractivity contribution in [2.24, 2.45) is 0 Å². The van der Waals surface area contributed by atoms with E-state index in [1.54, 1.807) is 23.7 Å². The van der Waals surface area contributed by atoms with Gasteiger partial charge in [0.1, 0.15) is 17.5 Å². The van der Waals surface area contributed by atoms with E-state index in [1.165, 1.54) is 9.80 Å². The zero-order valence-electron chi connectivity index (χ0n) is 26.5. The summed E-state index contributed by atoms with van der Waals surface area (Å²) in [6.07, 6.45) is -6.30. The molecular weight excluding hydrogens is 683 g/mol. The van der Waals surface area contributed by atoms with Crippen LogP contribution >= 0.6 is 11.6 Å². The number of alkyl halides is 5. The summed E-state index contributed by atoms with van der Waals surface area (Å²) in [6.45, 7) is 2.79. The fourth-order valence-electron chi connectivity index (χ4n) is 7.37. The minimum atomic E-state index is -5.52. The summed E-state index contributed by atoms with van der Waals surface area (Å²) in [4.78, 5) is 34.1. The summed E-state index contributed by atoms with van der Waals surface area (Å²) >= 11 is 6.16. The Kier molecular flexibility index (Phi) is 9.22. The van der Waals surface area contributed by atoms with Crippen LogP contribution in [-0.2, 0) is 14.3 Å². The predicted octanol–water partition coefficient (Wildman–Crippen LogP) is 6.65. The van der Waals surface area contributed by atoms with E-state index in [-0.39, 0.29) is 37.5 Å². The van der Waals surface area contributed by atoms with Crippen LogP contribution in [-0.4, -0.2) is 86.4 Å². The molecule has 3 heterocycles. The van der Waals surface area contributed by atoms with Gasteiger partial charge < -0.3 is 9.64 Å². The van der Waals surface area contributed by atoms with Crippen LogP contribution in [0.1, 0.15) is 66.7 Å². The van der Waals surface area contributed by atoms with Crippen LogP contribution in [0.15, 0.2) is 36.4 Å². The third-order valence-electron chi connectivity index (χ3n) is 9.85. The van der Waals surface area contributed by atoms with Crippen molar-refractivity contribution in [2.75, 3.05) is 26.2 Å². The van der Waals surface area contributed by atoms with Crippen LogP contribution < -0.4 is 0 Å². The molecule has 3 aromatic rings. The quantitative estimate of drug-likeness (QED) is 0.210. The number of carbonyl (C=O) groups is 2. The van der Waals surface area contributed by atoms with Gasteiger partial charge in [-0.3, -0.25) is 9.69 Å². The van der Waals surface area contributed by atoms with E-state index in [2.05, 4.69) is 10.1 Å². The lowest BCUT2D eigenvalue weighted by Gasteiger charge is -2.40. The standard InChI is InChI=1S/C33H33ClF7N5O3/c1-18-13-22(4-6-26(18)34)46-19(2)42-28(43-46)20-7-10-44(11-8-20)29(47)32(49-30(48)33(39,40)41)16-23(45-12-9-31(37,38)17-45)15-25(32)24-5-3-21(35)14-27(24)36/h3-6,13-14,20,23,25H,7-12,15-17H2,1-2H3/t23-,25-,32-/m1/s1. The number of halogens is 8. The first-order valence-corrected chi connectivity index (χ1v) is 16.2.